The first-order chi connectivity index (χ1) is 3.25. The van der Waals surface area contributed by atoms with Gasteiger partial charge in [-0.25, -0.2) is 0 Å². The summed E-state index contributed by atoms with van der Waals surface area (Å²) in [7, 11) is -2.34. The molecular formula is C4H9F3S. The molecule has 0 aromatic rings. The zero-order valence-corrected chi connectivity index (χ0v) is 5.86. The number of alkyl halides is 3. The highest BCUT2D eigenvalue weighted by Gasteiger charge is 2.38. The second kappa shape index (κ2) is 1.83. The molecule has 0 heterocycles. The van der Waals surface area contributed by atoms with Crippen LogP contribution in [0.3, 0.4) is 0 Å². The third-order valence-electron chi connectivity index (χ3n) is 0.694. The maximum atomic E-state index is 11.6. The Morgan fingerprint density at radius 3 is 1.12 bits per heavy atom. The minimum absolute atomic E-state index is 1.23. The molecule has 0 aliphatic rings. The van der Waals surface area contributed by atoms with Gasteiger partial charge >= 0.3 is 5.51 Å². The molecule has 0 fully saturated rings. The van der Waals surface area contributed by atoms with E-state index in [9.17, 15) is 13.2 Å². The molecule has 0 saturated heterocycles. The molecule has 0 atom stereocenters. The van der Waals surface area contributed by atoms with Crippen LogP contribution in [0.15, 0.2) is 0 Å². The highest BCUT2D eigenvalue weighted by atomic mass is 32.3. The van der Waals surface area contributed by atoms with E-state index in [1.165, 1.54) is 18.8 Å². The molecule has 0 amide bonds. The number of halogens is 3. The fraction of sp³-hybridized carbons (Fsp3) is 1.00. The zero-order chi connectivity index (χ0) is 7.00. The average Bonchev–Trinajstić information content (AvgIpc) is 1.25. The summed E-state index contributed by atoms with van der Waals surface area (Å²) in [4.78, 5) is 0. The van der Waals surface area contributed by atoms with Crippen LogP contribution in [-0.4, -0.2) is 24.3 Å². The predicted molar refractivity (Wildman–Crippen MR) is 31.4 cm³/mol. The van der Waals surface area contributed by atoms with E-state index in [0.29, 0.717) is 0 Å². The van der Waals surface area contributed by atoms with Gasteiger partial charge in [0.1, 0.15) is 0 Å². The Bertz CT molecular complexity index is 66.3. The summed E-state index contributed by atoms with van der Waals surface area (Å²) >= 11 is 0. The summed E-state index contributed by atoms with van der Waals surface area (Å²) < 4.78 is 34.8. The van der Waals surface area contributed by atoms with Crippen LogP contribution < -0.4 is 0 Å². The van der Waals surface area contributed by atoms with E-state index < -0.39 is 15.5 Å². The predicted octanol–water partition coefficient (Wildman–Crippen LogP) is 2.20. The van der Waals surface area contributed by atoms with Gasteiger partial charge < -0.3 is 0 Å². The van der Waals surface area contributed by atoms with Crippen LogP contribution >= 0.6 is 10.0 Å². The Hall–Kier alpha value is 0.140. The minimum atomic E-state index is -3.98. The molecule has 0 saturated carbocycles. The minimum Gasteiger partial charge on any atom is -0.162 e. The molecular weight excluding hydrogens is 137 g/mol. The molecule has 0 spiro atoms. The Morgan fingerprint density at radius 2 is 1.12 bits per heavy atom. The normalized spacial score (nSPS) is 16.2. The van der Waals surface area contributed by atoms with Crippen molar-refractivity contribution < 1.29 is 13.2 Å². The topological polar surface area (TPSA) is 0 Å². The molecule has 0 nitrogen and oxygen atoms in total. The van der Waals surface area contributed by atoms with Crippen molar-refractivity contribution in [2.45, 2.75) is 5.51 Å². The van der Waals surface area contributed by atoms with Crippen LogP contribution in [-0.2, 0) is 0 Å². The number of hydrogen-bond acceptors (Lipinski definition) is 0. The first-order valence-corrected chi connectivity index (χ1v) is 4.85. The van der Waals surface area contributed by atoms with Crippen molar-refractivity contribution in [3.05, 3.63) is 0 Å². The van der Waals surface area contributed by atoms with Crippen LogP contribution in [0.5, 0.6) is 0 Å². The molecule has 4 heteroatoms. The van der Waals surface area contributed by atoms with Crippen molar-refractivity contribution >= 4 is 10.0 Å². The lowest BCUT2D eigenvalue weighted by Gasteiger charge is -2.27. The van der Waals surface area contributed by atoms with E-state index in [-0.39, 0.29) is 0 Å². The summed E-state index contributed by atoms with van der Waals surface area (Å²) in [5.74, 6) is 0. The van der Waals surface area contributed by atoms with Gasteiger partial charge in [-0.3, -0.25) is 0 Å². The summed E-state index contributed by atoms with van der Waals surface area (Å²) in [5, 5.41) is 0. The second-order valence-electron chi connectivity index (χ2n) is 2.28. The van der Waals surface area contributed by atoms with E-state index in [1.54, 1.807) is 0 Å². The summed E-state index contributed by atoms with van der Waals surface area (Å²) in [6.07, 6.45) is 3.69. The van der Waals surface area contributed by atoms with Crippen molar-refractivity contribution in [1.29, 1.82) is 0 Å². The highest BCUT2D eigenvalue weighted by molar-refractivity contribution is 8.32. The van der Waals surface area contributed by atoms with E-state index >= 15 is 0 Å². The van der Waals surface area contributed by atoms with Crippen molar-refractivity contribution in [2.75, 3.05) is 18.8 Å². The summed E-state index contributed by atoms with van der Waals surface area (Å²) in [5.41, 5.74) is -3.98. The quantitative estimate of drug-likeness (QED) is 0.491. The van der Waals surface area contributed by atoms with Crippen LogP contribution in [0.4, 0.5) is 13.2 Å². The maximum absolute atomic E-state index is 11.6. The molecule has 0 N–H and O–H groups in total. The van der Waals surface area contributed by atoms with Gasteiger partial charge in [0, 0.05) is 0 Å². The number of hydrogen-bond donors (Lipinski definition) is 0. The first-order valence-electron chi connectivity index (χ1n) is 2.00. The molecule has 0 aromatic heterocycles. The Labute approximate surface area is 48.4 Å². The average molecular weight is 146 g/mol. The smallest absolute Gasteiger partial charge is 0.162 e. The fourth-order valence-corrected chi connectivity index (χ4v) is 0. The van der Waals surface area contributed by atoms with Gasteiger partial charge in [-0.1, -0.05) is 0 Å². The number of rotatable bonds is 0. The van der Waals surface area contributed by atoms with Crippen LogP contribution in [0.25, 0.3) is 0 Å². The molecule has 52 valence electrons. The Balaban J connectivity index is 4.02. The third kappa shape index (κ3) is 1.94. The lowest BCUT2D eigenvalue weighted by atomic mass is 11.5. The molecule has 8 heavy (non-hydrogen) atoms. The molecule has 0 aromatic carbocycles. The standard InChI is InChI=1S/C4H9F3S/c1-8(2,3)4(5,6)7/h1-3H3. The van der Waals surface area contributed by atoms with Crippen LogP contribution in [0.1, 0.15) is 0 Å². The van der Waals surface area contributed by atoms with Gasteiger partial charge in [-0.15, -0.1) is 0 Å². The first kappa shape index (κ1) is 8.14. The molecule has 0 unspecified atom stereocenters. The van der Waals surface area contributed by atoms with Gasteiger partial charge in [0.25, 0.3) is 0 Å². The summed E-state index contributed by atoms with van der Waals surface area (Å²) in [6, 6.07) is 0. The van der Waals surface area contributed by atoms with Crippen molar-refractivity contribution in [2.24, 2.45) is 0 Å². The van der Waals surface area contributed by atoms with Crippen molar-refractivity contribution in [3.8, 4) is 0 Å². The molecule has 0 aliphatic carbocycles. The molecule has 0 radical (unpaired) electrons. The van der Waals surface area contributed by atoms with Gasteiger partial charge in [0.05, 0.1) is 0 Å². The van der Waals surface area contributed by atoms with Gasteiger partial charge in [-0.2, -0.15) is 23.2 Å². The third-order valence-corrected chi connectivity index (χ3v) is 2.08. The van der Waals surface area contributed by atoms with Crippen LogP contribution in [0.2, 0.25) is 0 Å². The van der Waals surface area contributed by atoms with E-state index in [1.807, 2.05) is 0 Å². The lowest BCUT2D eigenvalue weighted by molar-refractivity contribution is -0.0370. The Morgan fingerprint density at radius 1 is 1.00 bits per heavy atom. The SMILES string of the molecule is CS(C)(C)C(F)(F)F. The Kier molecular flexibility index (Phi) is 1.86. The van der Waals surface area contributed by atoms with E-state index in [4.69, 9.17) is 0 Å². The highest BCUT2D eigenvalue weighted by Crippen LogP contribution is 2.52. The van der Waals surface area contributed by atoms with Gasteiger partial charge in [-0.05, 0) is 18.8 Å². The van der Waals surface area contributed by atoms with E-state index in [2.05, 4.69) is 0 Å². The molecule has 0 bridgehead atoms. The van der Waals surface area contributed by atoms with Crippen LogP contribution in [0, 0.1) is 0 Å². The van der Waals surface area contributed by atoms with E-state index in [0.717, 1.165) is 0 Å². The van der Waals surface area contributed by atoms with Crippen molar-refractivity contribution in [1.82, 2.24) is 0 Å². The maximum Gasteiger partial charge on any atom is 0.425 e. The monoisotopic (exact) mass is 146 g/mol. The zero-order valence-electron chi connectivity index (χ0n) is 5.04. The lowest BCUT2D eigenvalue weighted by Crippen LogP contribution is -2.16. The second-order valence-corrected chi connectivity index (χ2v) is 6.42. The van der Waals surface area contributed by atoms with Gasteiger partial charge in [0.2, 0.25) is 0 Å². The summed E-state index contributed by atoms with van der Waals surface area (Å²) in [6.45, 7) is 0. The van der Waals surface area contributed by atoms with Gasteiger partial charge in [0.15, 0.2) is 0 Å². The molecule has 0 aliphatic heterocycles. The van der Waals surface area contributed by atoms with Crippen molar-refractivity contribution in [3.63, 3.8) is 0 Å². The fourth-order valence-electron chi connectivity index (χ4n) is 0. The molecule has 0 rings (SSSR count). The largest absolute Gasteiger partial charge is 0.425 e.